The van der Waals surface area contributed by atoms with E-state index < -0.39 is 0 Å². The van der Waals surface area contributed by atoms with Crippen LogP contribution in [0.5, 0.6) is 0 Å². The van der Waals surface area contributed by atoms with Crippen molar-refractivity contribution < 1.29 is 9.59 Å². The van der Waals surface area contributed by atoms with Gasteiger partial charge in [0.25, 0.3) is 0 Å². The molecule has 116 valence electrons. The van der Waals surface area contributed by atoms with E-state index in [2.05, 4.69) is 62.2 Å². The Kier molecular flexibility index (Phi) is 5.93. The Morgan fingerprint density at radius 1 is 1.00 bits per heavy atom. The fourth-order valence-corrected chi connectivity index (χ4v) is 3.01. The second-order valence-electron chi connectivity index (χ2n) is 6.12. The molecule has 22 heavy (non-hydrogen) atoms. The molecule has 0 saturated heterocycles. The number of aliphatic hydroxyl groups is 1. The van der Waals surface area contributed by atoms with Gasteiger partial charge >= 0.3 is 0 Å². The highest BCUT2D eigenvalue weighted by Crippen LogP contribution is 2.20. The molecule has 2 aromatic rings. The summed E-state index contributed by atoms with van der Waals surface area (Å²) in [6.45, 7) is 5.82. The summed E-state index contributed by atoms with van der Waals surface area (Å²) in [4.78, 5) is 0. The first-order chi connectivity index (χ1) is 10.7. The molecule has 0 aliphatic rings. The summed E-state index contributed by atoms with van der Waals surface area (Å²) >= 11 is 0. The van der Waals surface area contributed by atoms with Gasteiger partial charge in [-0.1, -0.05) is 67.2 Å². The van der Waals surface area contributed by atoms with Gasteiger partial charge in [-0.15, -0.1) is 0 Å². The molecule has 2 nitrogen and oxygen atoms in total. The van der Waals surface area contributed by atoms with Crippen molar-refractivity contribution in [1.82, 2.24) is 0 Å². The Morgan fingerprint density at radius 2 is 1.55 bits per heavy atom. The second-order valence-corrected chi connectivity index (χ2v) is 6.12. The van der Waals surface area contributed by atoms with E-state index in [0.29, 0.717) is 0 Å². The standard InChI is InChI=1S/C20H26NO/c1-3-14-21(2,16-19-12-8-5-9-13-19)20(17-22)15-18-10-6-4-7-11-18/h3-13,20,22H,1,14-17H2,2H3/q+1/t20-,21-/m0/s1. The molecule has 0 aliphatic heterocycles. The van der Waals surface area contributed by atoms with Crippen LogP contribution < -0.4 is 0 Å². The molecule has 0 radical (unpaired) electrons. The summed E-state index contributed by atoms with van der Waals surface area (Å²) in [5.74, 6) is 0. The fraction of sp³-hybridized carbons (Fsp3) is 0.300. The van der Waals surface area contributed by atoms with Crippen molar-refractivity contribution in [2.75, 3.05) is 20.2 Å². The Bertz CT molecular complexity index is 567. The molecule has 1 N–H and O–H groups in total. The fourth-order valence-electron chi connectivity index (χ4n) is 3.01. The number of aliphatic hydroxyl groups excluding tert-OH is 1. The summed E-state index contributed by atoms with van der Waals surface area (Å²) < 4.78 is 0.763. The van der Waals surface area contributed by atoms with E-state index in [1.807, 2.05) is 18.2 Å². The van der Waals surface area contributed by atoms with Crippen molar-refractivity contribution in [1.29, 1.82) is 0 Å². The van der Waals surface area contributed by atoms with Gasteiger partial charge in [0.15, 0.2) is 0 Å². The smallest absolute Gasteiger partial charge is 0.117 e. The van der Waals surface area contributed by atoms with Crippen LogP contribution in [-0.2, 0) is 13.0 Å². The normalized spacial score (nSPS) is 15.0. The maximum Gasteiger partial charge on any atom is 0.117 e. The third-order valence-electron chi connectivity index (χ3n) is 4.34. The van der Waals surface area contributed by atoms with Crippen LogP contribution in [0.15, 0.2) is 73.3 Å². The van der Waals surface area contributed by atoms with Gasteiger partial charge in [-0.25, -0.2) is 0 Å². The Hall–Kier alpha value is -1.90. The third kappa shape index (κ3) is 4.30. The maximum atomic E-state index is 9.98. The van der Waals surface area contributed by atoms with Crippen LogP contribution in [0.4, 0.5) is 0 Å². The number of hydrogen-bond acceptors (Lipinski definition) is 1. The second kappa shape index (κ2) is 7.92. The topological polar surface area (TPSA) is 20.2 Å². The number of likely N-dealkylation sites (N-methyl/N-ethyl adjacent to an activating group) is 1. The van der Waals surface area contributed by atoms with Crippen molar-refractivity contribution in [2.24, 2.45) is 0 Å². The van der Waals surface area contributed by atoms with Crippen molar-refractivity contribution in [3.05, 3.63) is 84.4 Å². The molecule has 0 unspecified atom stereocenters. The van der Waals surface area contributed by atoms with Crippen LogP contribution in [0.2, 0.25) is 0 Å². The molecule has 0 bridgehead atoms. The molecular formula is C20H26NO+. The van der Waals surface area contributed by atoms with E-state index in [-0.39, 0.29) is 12.6 Å². The van der Waals surface area contributed by atoms with E-state index in [9.17, 15) is 5.11 Å². The minimum atomic E-state index is 0.153. The highest BCUT2D eigenvalue weighted by molar-refractivity contribution is 5.16. The molecule has 2 aromatic carbocycles. The lowest BCUT2D eigenvalue weighted by Gasteiger charge is -2.40. The minimum absolute atomic E-state index is 0.153. The maximum absolute atomic E-state index is 9.98. The van der Waals surface area contributed by atoms with Crippen LogP contribution in [0.3, 0.4) is 0 Å². The molecule has 2 heteroatoms. The minimum Gasteiger partial charge on any atom is -0.390 e. The Morgan fingerprint density at radius 3 is 2.05 bits per heavy atom. The van der Waals surface area contributed by atoms with Gasteiger partial charge < -0.3 is 9.59 Å². The quantitative estimate of drug-likeness (QED) is 0.584. The SMILES string of the molecule is C=CC[N@@+](C)(Cc1ccccc1)[C@H](CO)Cc1ccccc1. The molecule has 0 spiro atoms. The predicted molar refractivity (Wildman–Crippen MR) is 92.4 cm³/mol. The number of hydrogen-bond donors (Lipinski definition) is 1. The summed E-state index contributed by atoms with van der Waals surface area (Å²) in [7, 11) is 2.21. The van der Waals surface area contributed by atoms with Gasteiger partial charge in [0.1, 0.15) is 12.6 Å². The zero-order chi connectivity index (χ0) is 15.8. The average molecular weight is 296 g/mol. The molecule has 2 atom stereocenters. The zero-order valence-corrected chi connectivity index (χ0v) is 13.4. The predicted octanol–water partition coefficient (Wildman–Crippen LogP) is 3.42. The van der Waals surface area contributed by atoms with Crippen molar-refractivity contribution >= 4 is 0 Å². The van der Waals surface area contributed by atoms with Gasteiger partial charge in [-0.05, 0) is 11.6 Å². The zero-order valence-electron chi connectivity index (χ0n) is 13.4. The lowest BCUT2D eigenvalue weighted by Crippen LogP contribution is -2.54. The number of benzene rings is 2. The molecule has 0 saturated carbocycles. The summed E-state index contributed by atoms with van der Waals surface area (Å²) in [5.41, 5.74) is 2.56. The lowest BCUT2D eigenvalue weighted by molar-refractivity contribution is -0.941. The monoisotopic (exact) mass is 296 g/mol. The van der Waals surface area contributed by atoms with Gasteiger partial charge in [0.05, 0.1) is 20.2 Å². The molecule has 2 rings (SSSR count). The first-order valence-electron chi connectivity index (χ1n) is 7.82. The Balaban J connectivity index is 2.20. The number of quaternary nitrogens is 1. The van der Waals surface area contributed by atoms with Crippen LogP contribution >= 0.6 is 0 Å². The van der Waals surface area contributed by atoms with Crippen molar-refractivity contribution in [2.45, 2.75) is 19.0 Å². The highest BCUT2D eigenvalue weighted by Gasteiger charge is 2.31. The number of nitrogens with zero attached hydrogens (tertiary/aromatic N) is 1. The lowest BCUT2D eigenvalue weighted by atomic mass is 10.0. The van der Waals surface area contributed by atoms with E-state index in [1.165, 1.54) is 11.1 Å². The largest absolute Gasteiger partial charge is 0.390 e. The average Bonchev–Trinajstić information content (AvgIpc) is 2.54. The van der Waals surface area contributed by atoms with Crippen molar-refractivity contribution in [3.63, 3.8) is 0 Å². The molecule has 0 aliphatic carbocycles. The summed E-state index contributed by atoms with van der Waals surface area (Å²) in [6.07, 6.45) is 2.82. The first kappa shape index (κ1) is 16.5. The van der Waals surface area contributed by atoms with Crippen molar-refractivity contribution in [3.8, 4) is 0 Å². The van der Waals surface area contributed by atoms with Gasteiger partial charge in [-0.3, -0.25) is 0 Å². The van der Waals surface area contributed by atoms with Crippen LogP contribution in [0, 0.1) is 0 Å². The first-order valence-corrected chi connectivity index (χ1v) is 7.82. The Labute approximate surface area is 133 Å². The molecular weight excluding hydrogens is 270 g/mol. The molecule has 0 heterocycles. The number of rotatable bonds is 8. The van der Waals surface area contributed by atoms with Crippen LogP contribution in [-0.4, -0.2) is 35.8 Å². The van der Waals surface area contributed by atoms with Gasteiger partial charge in [0, 0.05) is 12.0 Å². The van der Waals surface area contributed by atoms with Crippen LogP contribution in [0.25, 0.3) is 0 Å². The summed E-state index contributed by atoms with van der Waals surface area (Å²) in [6, 6.07) is 21.0. The van der Waals surface area contributed by atoms with Gasteiger partial charge in [0.2, 0.25) is 0 Å². The third-order valence-corrected chi connectivity index (χ3v) is 4.34. The molecule has 0 aromatic heterocycles. The summed E-state index contributed by atoms with van der Waals surface area (Å²) in [5, 5.41) is 9.98. The van der Waals surface area contributed by atoms with E-state index in [1.54, 1.807) is 0 Å². The van der Waals surface area contributed by atoms with E-state index in [0.717, 1.165) is 24.0 Å². The van der Waals surface area contributed by atoms with E-state index >= 15 is 0 Å². The molecule has 0 fully saturated rings. The van der Waals surface area contributed by atoms with Gasteiger partial charge in [-0.2, -0.15) is 0 Å². The molecule has 0 amide bonds. The van der Waals surface area contributed by atoms with E-state index in [4.69, 9.17) is 0 Å². The van der Waals surface area contributed by atoms with Crippen LogP contribution in [0.1, 0.15) is 11.1 Å². The highest BCUT2D eigenvalue weighted by atomic mass is 16.3.